The van der Waals surface area contributed by atoms with Crippen LogP contribution in [0.2, 0.25) is 0 Å². The van der Waals surface area contributed by atoms with Crippen LogP contribution in [0.25, 0.3) is 11.5 Å². The van der Waals surface area contributed by atoms with Crippen molar-refractivity contribution in [1.82, 2.24) is 15.1 Å². The minimum absolute atomic E-state index is 0.0990. The summed E-state index contributed by atoms with van der Waals surface area (Å²) in [6.45, 7) is 3.47. The van der Waals surface area contributed by atoms with Crippen molar-refractivity contribution in [2.24, 2.45) is 0 Å². The smallest absolute Gasteiger partial charge is 0.412 e. The normalized spacial score (nSPS) is 14.8. The molecule has 2 aromatic carbocycles. The first-order valence-electron chi connectivity index (χ1n) is 9.43. The van der Waals surface area contributed by atoms with Gasteiger partial charge in [-0.3, -0.25) is 4.79 Å². The lowest BCUT2D eigenvalue weighted by molar-refractivity contribution is -0.137. The van der Waals surface area contributed by atoms with Crippen molar-refractivity contribution in [3.8, 4) is 11.5 Å². The first kappa shape index (κ1) is 19.9. The summed E-state index contributed by atoms with van der Waals surface area (Å²) < 4.78 is 44.4. The molecule has 30 heavy (non-hydrogen) atoms. The van der Waals surface area contributed by atoms with Crippen LogP contribution in [-0.2, 0) is 6.18 Å². The summed E-state index contributed by atoms with van der Waals surface area (Å²) in [5.74, 6) is -0.219. The Bertz CT molecular complexity index is 1040. The maximum absolute atomic E-state index is 12.9. The van der Waals surface area contributed by atoms with E-state index in [4.69, 9.17) is 4.42 Å². The number of aryl methyl sites for hydroxylation is 1. The summed E-state index contributed by atoms with van der Waals surface area (Å²) >= 11 is 0. The van der Waals surface area contributed by atoms with E-state index in [1.165, 1.54) is 6.07 Å². The number of carbonyl (C=O) groups excluding carboxylic acids is 1. The molecule has 0 spiro atoms. The van der Waals surface area contributed by atoms with Gasteiger partial charge in [0, 0.05) is 37.4 Å². The summed E-state index contributed by atoms with van der Waals surface area (Å²) in [5, 5.41) is 7.81. The first-order valence-corrected chi connectivity index (χ1v) is 9.43. The van der Waals surface area contributed by atoms with Crippen LogP contribution in [0.1, 0.15) is 21.8 Å². The van der Waals surface area contributed by atoms with E-state index in [1.54, 1.807) is 11.0 Å². The highest BCUT2D eigenvalue weighted by atomic mass is 19.4. The Morgan fingerprint density at radius 1 is 1.00 bits per heavy atom. The average molecular weight is 416 g/mol. The molecule has 1 amide bonds. The number of aromatic nitrogens is 2. The predicted octanol–water partition coefficient (Wildman–Crippen LogP) is 4.03. The van der Waals surface area contributed by atoms with Crippen LogP contribution in [-0.4, -0.2) is 47.2 Å². The lowest BCUT2D eigenvalue weighted by atomic mass is 10.1. The number of carbonyl (C=O) groups is 1. The molecule has 0 radical (unpaired) electrons. The third-order valence-corrected chi connectivity index (χ3v) is 5.01. The second-order valence-corrected chi connectivity index (χ2v) is 7.11. The Kier molecular flexibility index (Phi) is 5.19. The van der Waals surface area contributed by atoms with Gasteiger partial charge in [0.25, 0.3) is 0 Å². The van der Waals surface area contributed by atoms with Crippen molar-refractivity contribution in [2.75, 3.05) is 31.1 Å². The SMILES string of the molecule is Cc1ccc(-c2nnc(C(=O)N3CCN(c4cccc(C(F)(F)F)c4)CC3)o2)cc1. The molecule has 1 aliphatic rings. The van der Waals surface area contributed by atoms with E-state index in [1.807, 2.05) is 36.1 Å². The highest BCUT2D eigenvalue weighted by Crippen LogP contribution is 2.32. The number of rotatable bonds is 3. The Hall–Kier alpha value is -3.36. The van der Waals surface area contributed by atoms with Gasteiger partial charge < -0.3 is 14.2 Å². The average Bonchev–Trinajstić information content (AvgIpc) is 3.24. The third kappa shape index (κ3) is 4.14. The zero-order valence-corrected chi connectivity index (χ0v) is 16.2. The van der Waals surface area contributed by atoms with Crippen LogP contribution < -0.4 is 4.90 Å². The van der Waals surface area contributed by atoms with Gasteiger partial charge in [0.2, 0.25) is 5.89 Å². The Morgan fingerprint density at radius 2 is 1.70 bits per heavy atom. The molecule has 0 saturated carbocycles. The van der Waals surface area contributed by atoms with Gasteiger partial charge in [-0.2, -0.15) is 13.2 Å². The molecule has 1 aliphatic heterocycles. The number of piperazine rings is 1. The molecular weight excluding hydrogens is 397 g/mol. The van der Waals surface area contributed by atoms with Gasteiger partial charge >= 0.3 is 18.0 Å². The standard InChI is InChI=1S/C21H19F3N4O2/c1-14-5-7-15(8-6-14)18-25-26-19(30-18)20(29)28-11-9-27(10-12-28)17-4-2-3-16(13-17)21(22,23)24/h2-8,13H,9-12H2,1H3. The quantitative estimate of drug-likeness (QED) is 0.645. The third-order valence-electron chi connectivity index (χ3n) is 5.01. The van der Waals surface area contributed by atoms with Gasteiger partial charge in [-0.1, -0.05) is 23.8 Å². The minimum atomic E-state index is -4.39. The van der Waals surface area contributed by atoms with Gasteiger partial charge in [0.1, 0.15) is 0 Å². The van der Waals surface area contributed by atoms with E-state index in [-0.39, 0.29) is 17.7 Å². The lowest BCUT2D eigenvalue weighted by Crippen LogP contribution is -2.49. The molecule has 3 aromatic rings. The first-order chi connectivity index (χ1) is 14.3. The summed E-state index contributed by atoms with van der Waals surface area (Å²) in [4.78, 5) is 16.1. The molecule has 1 aromatic heterocycles. The number of anilines is 1. The van der Waals surface area contributed by atoms with Crippen molar-refractivity contribution in [2.45, 2.75) is 13.1 Å². The fourth-order valence-corrected chi connectivity index (χ4v) is 3.30. The molecular formula is C21H19F3N4O2. The Labute approximate surface area is 170 Å². The van der Waals surface area contributed by atoms with Crippen LogP contribution in [0.3, 0.4) is 0 Å². The van der Waals surface area contributed by atoms with Gasteiger partial charge in [0.15, 0.2) is 0 Å². The summed E-state index contributed by atoms with van der Waals surface area (Å²) in [6.07, 6.45) is -4.39. The molecule has 0 bridgehead atoms. The summed E-state index contributed by atoms with van der Waals surface area (Å²) in [5.41, 5.74) is 1.61. The van der Waals surface area contributed by atoms with Crippen molar-refractivity contribution in [3.05, 3.63) is 65.5 Å². The van der Waals surface area contributed by atoms with Crippen LogP contribution in [0.5, 0.6) is 0 Å². The Morgan fingerprint density at radius 3 is 2.37 bits per heavy atom. The molecule has 1 fully saturated rings. The highest BCUT2D eigenvalue weighted by molar-refractivity contribution is 5.90. The number of hydrogen-bond acceptors (Lipinski definition) is 5. The summed E-state index contributed by atoms with van der Waals surface area (Å²) in [6, 6.07) is 12.7. The van der Waals surface area contributed by atoms with Gasteiger partial charge in [-0.15, -0.1) is 10.2 Å². The monoisotopic (exact) mass is 416 g/mol. The molecule has 9 heteroatoms. The molecule has 1 saturated heterocycles. The topological polar surface area (TPSA) is 62.5 Å². The number of hydrogen-bond donors (Lipinski definition) is 0. The molecule has 156 valence electrons. The van der Waals surface area contributed by atoms with Crippen LogP contribution in [0.4, 0.5) is 18.9 Å². The lowest BCUT2D eigenvalue weighted by Gasteiger charge is -2.35. The number of alkyl halides is 3. The zero-order valence-electron chi connectivity index (χ0n) is 16.2. The van der Waals surface area contributed by atoms with Crippen molar-refractivity contribution in [1.29, 1.82) is 0 Å². The second kappa shape index (κ2) is 7.81. The van der Waals surface area contributed by atoms with Crippen molar-refractivity contribution < 1.29 is 22.4 Å². The van der Waals surface area contributed by atoms with E-state index in [0.717, 1.165) is 23.3 Å². The highest BCUT2D eigenvalue weighted by Gasteiger charge is 2.31. The molecule has 0 atom stereocenters. The minimum Gasteiger partial charge on any atom is -0.412 e. The zero-order chi connectivity index (χ0) is 21.3. The molecule has 0 unspecified atom stereocenters. The summed E-state index contributed by atoms with van der Waals surface area (Å²) in [7, 11) is 0. The fourth-order valence-electron chi connectivity index (χ4n) is 3.30. The molecule has 0 N–H and O–H groups in total. The van der Waals surface area contributed by atoms with E-state index < -0.39 is 11.7 Å². The van der Waals surface area contributed by atoms with Crippen molar-refractivity contribution >= 4 is 11.6 Å². The second-order valence-electron chi connectivity index (χ2n) is 7.11. The van der Waals surface area contributed by atoms with Crippen LogP contribution in [0.15, 0.2) is 52.9 Å². The van der Waals surface area contributed by atoms with E-state index >= 15 is 0 Å². The van der Waals surface area contributed by atoms with E-state index in [2.05, 4.69) is 10.2 Å². The number of benzene rings is 2. The van der Waals surface area contributed by atoms with Crippen LogP contribution >= 0.6 is 0 Å². The number of amides is 1. The fraction of sp³-hybridized carbons (Fsp3) is 0.286. The Balaban J connectivity index is 1.41. The van der Waals surface area contributed by atoms with Crippen LogP contribution in [0, 0.1) is 6.92 Å². The van der Waals surface area contributed by atoms with Crippen molar-refractivity contribution in [3.63, 3.8) is 0 Å². The number of halogens is 3. The molecule has 4 rings (SSSR count). The van der Waals surface area contributed by atoms with Gasteiger partial charge in [0.05, 0.1) is 5.56 Å². The van der Waals surface area contributed by atoms with E-state index in [0.29, 0.717) is 31.9 Å². The molecule has 6 nitrogen and oxygen atoms in total. The molecule has 2 heterocycles. The number of nitrogens with zero attached hydrogens (tertiary/aromatic N) is 4. The largest absolute Gasteiger partial charge is 0.416 e. The maximum Gasteiger partial charge on any atom is 0.416 e. The van der Waals surface area contributed by atoms with Gasteiger partial charge in [-0.05, 0) is 37.3 Å². The molecule has 0 aliphatic carbocycles. The maximum atomic E-state index is 12.9. The van der Waals surface area contributed by atoms with Gasteiger partial charge in [-0.25, -0.2) is 0 Å². The predicted molar refractivity (Wildman–Crippen MR) is 104 cm³/mol. The van der Waals surface area contributed by atoms with E-state index in [9.17, 15) is 18.0 Å².